The van der Waals surface area contributed by atoms with Crippen molar-refractivity contribution in [1.82, 2.24) is 14.5 Å². The minimum atomic E-state index is -1.07. The number of aliphatic hydroxyl groups excluding tert-OH is 2. The smallest absolute Gasteiger partial charge is 0.260 e. The second-order valence-corrected chi connectivity index (χ2v) is 5.23. The van der Waals surface area contributed by atoms with E-state index in [2.05, 4.69) is 9.97 Å². The van der Waals surface area contributed by atoms with Crippen molar-refractivity contribution in [2.45, 2.75) is 31.0 Å². The Morgan fingerprint density at radius 3 is 3.05 bits per heavy atom. The molecular formula is C13H17N3O5. The van der Waals surface area contributed by atoms with E-state index in [4.69, 9.17) is 9.47 Å². The van der Waals surface area contributed by atoms with Gasteiger partial charge >= 0.3 is 0 Å². The van der Waals surface area contributed by atoms with E-state index >= 15 is 0 Å². The molecule has 1 aliphatic heterocycles. The summed E-state index contributed by atoms with van der Waals surface area (Å²) in [5.41, 5.74) is -0.892. The van der Waals surface area contributed by atoms with Gasteiger partial charge < -0.3 is 29.2 Å². The van der Waals surface area contributed by atoms with Gasteiger partial charge in [0.15, 0.2) is 6.23 Å². The second kappa shape index (κ2) is 4.92. The zero-order chi connectivity index (χ0) is 15.2. The van der Waals surface area contributed by atoms with Crippen molar-refractivity contribution in [2.24, 2.45) is 0 Å². The second-order valence-electron chi connectivity index (χ2n) is 5.23. The van der Waals surface area contributed by atoms with Crippen molar-refractivity contribution < 1.29 is 19.7 Å². The van der Waals surface area contributed by atoms with E-state index in [1.54, 1.807) is 23.8 Å². The van der Waals surface area contributed by atoms with Gasteiger partial charge in [0.05, 0.1) is 18.3 Å². The first-order valence-corrected chi connectivity index (χ1v) is 6.56. The maximum absolute atomic E-state index is 11.8. The fraction of sp³-hybridized carbons (Fsp3) is 0.538. The molecule has 0 aliphatic carbocycles. The Morgan fingerprint density at radius 2 is 2.38 bits per heavy atom. The number of fused-ring (bicyclic) bond motifs is 1. The van der Waals surface area contributed by atoms with Gasteiger partial charge in [-0.15, -0.1) is 0 Å². The lowest BCUT2D eigenvalue weighted by Crippen LogP contribution is -2.46. The molecule has 3 N–H and O–H groups in total. The number of hydrogen-bond acceptors (Lipinski definition) is 6. The van der Waals surface area contributed by atoms with Gasteiger partial charge in [-0.25, -0.2) is 4.98 Å². The lowest BCUT2D eigenvalue weighted by Gasteiger charge is -2.31. The molecule has 8 nitrogen and oxygen atoms in total. The number of methoxy groups -OCH3 is 1. The molecule has 0 aromatic carbocycles. The van der Waals surface area contributed by atoms with Gasteiger partial charge in [-0.05, 0) is 13.0 Å². The fourth-order valence-electron chi connectivity index (χ4n) is 2.77. The Bertz CT molecular complexity index is 711. The van der Waals surface area contributed by atoms with Crippen LogP contribution in [0.1, 0.15) is 13.2 Å². The van der Waals surface area contributed by atoms with Crippen LogP contribution in [0.3, 0.4) is 0 Å². The summed E-state index contributed by atoms with van der Waals surface area (Å²) < 4.78 is 12.8. The maximum Gasteiger partial charge on any atom is 0.260 e. The average Bonchev–Trinajstić information content (AvgIpc) is 3.01. The molecule has 21 heavy (non-hydrogen) atoms. The molecule has 0 amide bonds. The number of nitrogens with one attached hydrogen (secondary N) is 1. The molecule has 2 aromatic rings. The number of aromatic amines is 1. The van der Waals surface area contributed by atoms with E-state index in [0.717, 1.165) is 0 Å². The number of H-pyrrole nitrogens is 1. The summed E-state index contributed by atoms with van der Waals surface area (Å²) in [7, 11) is 1.46. The topological polar surface area (TPSA) is 110 Å². The Hall–Kier alpha value is -1.74. The summed E-state index contributed by atoms with van der Waals surface area (Å²) in [6, 6.07) is 1.62. The number of rotatable bonds is 3. The summed E-state index contributed by atoms with van der Waals surface area (Å²) in [6.45, 7) is 1.36. The Labute approximate surface area is 119 Å². The van der Waals surface area contributed by atoms with Crippen LogP contribution in [0.15, 0.2) is 23.4 Å². The first kappa shape index (κ1) is 14.2. The van der Waals surface area contributed by atoms with Crippen LogP contribution in [0.5, 0.6) is 0 Å². The monoisotopic (exact) mass is 295 g/mol. The molecule has 114 valence electrons. The van der Waals surface area contributed by atoms with E-state index in [1.165, 1.54) is 13.4 Å². The van der Waals surface area contributed by atoms with Crippen molar-refractivity contribution >= 4 is 11.0 Å². The summed E-state index contributed by atoms with van der Waals surface area (Å²) in [5.74, 6) is 0. The summed E-state index contributed by atoms with van der Waals surface area (Å²) >= 11 is 0. The molecule has 0 radical (unpaired) electrons. The average molecular weight is 295 g/mol. The summed E-state index contributed by atoms with van der Waals surface area (Å²) in [5, 5.41) is 20.0. The minimum absolute atomic E-state index is 0.255. The van der Waals surface area contributed by atoms with Crippen molar-refractivity contribution in [2.75, 3.05) is 13.7 Å². The van der Waals surface area contributed by atoms with E-state index in [-0.39, 0.29) is 12.2 Å². The molecule has 1 fully saturated rings. The highest BCUT2D eigenvalue weighted by Crippen LogP contribution is 2.41. The molecule has 3 rings (SSSR count). The van der Waals surface area contributed by atoms with Crippen LogP contribution in [0, 0.1) is 0 Å². The van der Waals surface area contributed by atoms with E-state index < -0.39 is 24.0 Å². The first-order chi connectivity index (χ1) is 10.0. The molecule has 2 aromatic heterocycles. The zero-order valence-electron chi connectivity index (χ0n) is 11.7. The van der Waals surface area contributed by atoms with Crippen molar-refractivity contribution in [3.63, 3.8) is 0 Å². The zero-order valence-corrected chi connectivity index (χ0v) is 11.7. The number of ether oxygens (including phenoxy) is 2. The molecule has 1 saturated heterocycles. The quantitative estimate of drug-likeness (QED) is 0.696. The third-order valence-corrected chi connectivity index (χ3v) is 4.12. The highest BCUT2D eigenvalue weighted by Gasteiger charge is 2.54. The van der Waals surface area contributed by atoms with E-state index in [0.29, 0.717) is 11.0 Å². The highest BCUT2D eigenvalue weighted by atomic mass is 16.6. The molecule has 1 unspecified atom stereocenters. The van der Waals surface area contributed by atoms with Crippen LogP contribution in [0.4, 0.5) is 0 Å². The van der Waals surface area contributed by atoms with Crippen molar-refractivity contribution in [3.8, 4) is 0 Å². The van der Waals surface area contributed by atoms with Gasteiger partial charge in [-0.3, -0.25) is 4.79 Å². The third-order valence-electron chi connectivity index (χ3n) is 4.12. The van der Waals surface area contributed by atoms with Crippen LogP contribution in [0.2, 0.25) is 0 Å². The number of aromatic nitrogens is 3. The Balaban J connectivity index is 2.13. The predicted molar refractivity (Wildman–Crippen MR) is 72.8 cm³/mol. The van der Waals surface area contributed by atoms with E-state index in [9.17, 15) is 15.0 Å². The minimum Gasteiger partial charge on any atom is -0.394 e. The standard InChI is InChI=1S/C13H17N3O5/c1-13(20-2)9(18)8(5-17)21-12(13)16-4-3-7-10(16)14-6-15-11(7)19/h3-4,6,8-9,12,17-18H,5H2,1-2H3,(H,14,15,19)/t8-,9-,12?,13+/m1/s1. The SMILES string of the molecule is CO[C@]1(C)C(n2ccc3c(=O)[nH]cnc32)O[C@H](CO)[C@H]1O. The van der Waals surface area contributed by atoms with Crippen LogP contribution >= 0.6 is 0 Å². The summed E-state index contributed by atoms with van der Waals surface area (Å²) in [6.07, 6.45) is 0.486. The normalized spacial score (nSPS) is 32.9. The molecule has 0 bridgehead atoms. The number of nitrogens with zero attached hydrogens (tertiary/aromatic N) is 2. The third kappa shape index (κ3) is 1.91. The van der Waals surface area contributed by atoms with Crippen LogP contribution in [-0.2, 0) is 9.47 Å². The molecule has 3 heterocycles. The molecule has 1 aliphatic rings. The van der Waals surface area contributed by atoms with Crippen molar-refractivity contribution in [1.29, 1.82) is 0 Å². The van der Waals surface area contributed by atoms with Gasteiger partial charge in [0.2, 0.25) is 0 Å². The van der Waals surface area contributed by atoms with Gasteiger partial charge in [0.1, 0.15) is 23.5 Å². The van der Waals surface area contributed by atoms with Gasteiger partial charge in [-0.1, -0.05) is 0 Å². The molecule has 4 atom stereocenters. The molecular weight excluding hydrogens is 278 g/mol. The van der Waals surface area contributed by atoms with Crippen LogP contribution < -0.4 is 5.56 Å². The Morgan fingerprint density at radius 1 is 1.62 bits per heavy atom. The van der Waals surface area contributed by atoms with Crippen molar-refractivity contribution in [3.05, 3.63) is 28.9 Å². The number of aliphatic hydroxyl groups is 2. The lowest BCUT2D eigenvalue weighted by molar-refractivity contribution is -0.118. The first-order valence-electron chi connectivity index (χ1n) is 6.56. The number of hydrogen-bond donors (Lipinski definition) is 3. The maximum atomic E-state index is 11.8. The fourth-order valence-corrected chi connectivity index (χ4v) is 2.77. The van der Waals surface area contributed by atoms with Crippen LogP contribution in [0.25, 0.3) is 11.0 Å². The van der Waals surface area contributed by atoms with Gasteiger partial charge in [0.25, 0.3) is 5.56 Å². The van der Waals surface area contributed by atoms with Crippen LogP contribution in [-0.4, -0.2) is 56.3 Å². The largest absolute Gasteiger partial charge is 0.394 e. The summed E-state index contributed by atoms with van der Waals surface area (Å²) in [4.78, 5) is 18.4. The van der Waals surface area contributed by atoms with E-state index in [1.807, 2.05) is 0 Å². The molecule has 0 saturated carbocycles. The Kier molecular flexibility index (Phi) is 3.33. The van der Waals surface area contributed by atoms with Gasteiger partial charge in [-0.2, -0.15) is 0 Å². The van der Waals surface area contributed by atoms with Gasteiger partial charge in [0, 0.05) is 13.3 Å². The highest BCUT2D eigenvalue weighted by molar-refractivity contribution is 5.74. The lowest BCUT2D eigenvalue weighted by atomic mass is 9.96. The molecule has 8 heteroatoms. The predicted octanol–water partition coefficient (Wildman–Crippen LogP) is -0.620. The molecule has 0 spiro atoms.